The third-order valence-corrected chi connectivity index (χ3v) is 6.08. The van der Waals surface area contributed by atoms with E-state index in [1.165, 1.54) is 14.2 Å². The molecular formula is C28H32N2O6. The van der Waals surface area contributed by atoms with E-state index in [-0.39, 0.29) is 5.91 Å². The van der Waals surface area contributed by atoms with Gasteiger partial charge in [0.15, 0.2) is 11.5 Å². The van der Waals surface area contributed by atoms with Crippen molar-refractivity contribution in [3.05, 3.63) is 77.6 Å². The Labute approximate surface area is 211 Å². The molecular weight excluding hydrogens is 460 g/mol. The fourth-order valence-electron chi connectivity index (χ4n) is 4.21. The van der Waals surface area contributed by atoms with Gasteiger partial charge in [-0.2, -0.15) is 0 Å². The summed E-state index contributed by atoms with van der Waals surface area (Å²) in [6.45, 7) is 2.82. The molecule has 0 saturated carbocycles. The molecule has 0 radical (unpaired) electrons. The molecule has 8 heteroatoms. The summed E-state index contributed by atoms with van der Waals surface area (Å²) in [5, 5.41) is 0. The second-order valence-electron chi connectivity index (χ2n) is 8.55. The van der Waals surface area contributed by atoms with Crippen LogP contribution in [0, 0.1) is 5.92 Å². The maximum atomic E-state index is 13.9. The van der Waals surface area contributed by atoms with Gasteiger partial charge in [-0.05, 0) is 48.4 Å². The third-order valence-electron chi connectivity index (χ3n) is 6.08. The van der Waals surface area contributed by atoms with Crippen LogP contribution in [0.15, 0.2) is 60.8 Å². The van der Waals surface area contributed by atoms with Crippen molar-refractivity contribution in [3.8, 4) is 23.0 Å². The summed E-state index contributed by atoms with van der Waals surface area (Å²) in [5.74, 6) is 2.15. The molecule has 0 N–H and O–H groups in total. The zero-order valence-corrected chi connectivity index (χ0v) is 20.9. The largest absolute Gasteiger partial charge is 0.493 e. The van der Waals surface area contributed by atoms with Gasteiger partial charge < -0.3 is 28.6 Å². The van der Waals surface area contributed by atoms with Crippen molar-refractivity contribution < 1.29 is 28.5 Å². The summed E-state index contributed by atoms with van der Waals surface area (Å²) >= 11 is 0. The minimum Gasteiger partial charge on any atom is -0.493 e. The van der Waals surface area contributed by atoms with Gasteiger partial charge in [-0.25, -0.2) is 0 Å². The van der Waals surface area contributed by atoms with Gasteiger partial charge in [-0.15, -0.1) is 0 Å². The quantitative estimate of drug-likeness (QED) is 0.393. The minimum atomic E-state index is -0.215. The van der Waals surface area contributed by atoms with Crippen LogP contribution in [0.1, 0.15) is 28.0 Å². The van der Waals surface area contributed by atoms with Crippen LogP contribution in [0.2, 0.25) is 0 Å². The highest BCUT2D eigenvalue weighted by molar-refractivity contribution is 5.98. The first kappa shape index (κ1) is 25.3. The SMILES string of the molecule is COc1ccc(C(=O)N(Cc2cccc(OC[C@@H]3CCOC3)c2)Cc2ccccn2)c(OC)c1OC. The van der Waals surface area contributed by atoms with E-state index in [4.69, 9.17) is 23.7 Å². The average Bonchev–Trinajstić information content (AvgIpc) is 3.45. The van der Waals surface area contributed by atoms with Gasteiger partial charge in [0, 0.05) is 25.3 Å². The fourth-order valence-corrected chi connectivity index (χ4v) is 4.21. The monoisotopic (exact) mass is 492 g/mol. The number of nitrogens with zero attached hydrogens (tertiary/aromatic N) is 2. The Bertz CT molecular complexity index is 1150. The highest BCUT2D eigenvalue weighted by atomic mass is 16.5. The summed E-state index contributed by atoms with van der Waals surface area (Å²) in [6, 6.07) is 16.9. The van der Waals surface area contributed by atoms with Gasteiger partial charge >= 0.3 is 0 Å². The zero-order valence-electron chi connectivity index (χ0n) is 20.9. The number of pyridine rings is 1. The number of carbonyl (C=O) groups is 1. The Morgan fingerprint density at radius 3 is 2.56 bits per heavy atom. The van der Waals surface area contributed by atoms with E-state index in [1.54, 1.807) is 30.3 Å². The van der Waals surface area contributed by atoms with E-state index >= 15 is 0 Å². The number of hydrogen-bond acceptors (Lipinski definition) is 7. The first-order chi connectivity index (χ1) is 17.6. The number of methoxy groups -OCH3 is 3. The van der Waals surface area contributed by atoms with Crippen molar-refractivity contribution in [1.29, 1.82) is 0 Å². The molecule has 2 heterocycles. The minimum absolute atomic E-state index is 0.215. The smallest absolute Gasteiger partial charge is 0.258 e. The van der Waals surface area contributed by atoms with Crippen molar-refractivity contribution in [2.75, 3.05) is 41.2 Å². The molecule has 8 nitrogen and oxygen atoms in total. The maximum Gasteiger partial charge on any atom is 0.258 e. The van der Waals surface area contributed by atoms with E-state index in [0.29, 0.717) is 48.4 Å². The second-order valence-corrected chi connectivity index (χ2v) is 8.55. The summed E-state index contributed by atoms with van der Waals surface area (Å²) in [7, 11) is 4.57. The number of hydrogen-bond donors (Lipinski definition) is 0. The first-order valence-corrected chi connectivity index (χ1v) is 11.9. The van der Waals surface area contributed by atoms with Crippen LogP contribution >= 0.6 is 0 Å². The summed E-state index contributed by atoms with van der Waals surface area (Å²) < 4.78 is 27.9. The lowest BCUT2D eigenvalue weighted by molar-refractivity contribution is 0.0723. The number of ether oxygens (including phenoxy) is 5. The molecule has 3 aromatic rings. The lowest BCUT2D eigenvalue weighted by Gasteiger charge is -2.25. The molecule has 0 aliphatic carbocycles. The Balaban J connectivity index is 1.60. The van der Waals surface area contributed by atoms with E-state index in [9.17, 15) is 4.79 Å². The molecule has 1 aliphatic heterocycles. The maximum absolute atomic E-state index is 13.9. The molecule has 190 valence electrons. The molecule has 0 unspecified atom stereocenters. The van der Waals surface area contributed by atoms with Crippen molar-refractivity contribution >= 4 is 5.91 Å². The van der Waals surface area contributed by atoms with Gasteiger partial charge in [-0.3, -0.25) is 9.78 Å². The van der Waals surface area contributed by atoms with E-state index in [1.807, 2.05) is 42.5 Å². The Kier molecular flexibility index (Phi) is 8.62. The number of amides is 1. The van der Waals surface area contributed by atoms with Gasteiger partial charge in [0.2, 0.25) is 5.75 Å². The number of aromatic nitrogens is 1. The van der Waals surface area contributed by atoms with Crippen LogP contribution in [0.25, 0.3) is 0 Å². The first-order valence-electron chi connectivity index (χ1n) is 11.9. The Morgan fingerprint density at radius 2 is 1.86 bits per heavy atom. The van der Waals surface area contributed by atoms with Crippen LogP contribution in [0.5, 0.6) is 23.0 Å². The molecule has 1 aliphatic rings. The molecule has 1 amide bonds. The predicted octanol–water partition coefficient (Wildman–Crippen LogP) is 4.37. The molecule has 1 fully saturated rings. The lowest BCUT2D eigenvalue weighted by atomic mass is 10.1. The van der Waals surface area contributed by atoms with Gasteiger partial charge in [0.1, 0.15) is 5.75 Å². The van der Waals surface area contributed by atoms with Crippen molar-refractivity contribution in [2.24, 2.45) is 5.92 Å². The molecule has 0 spiro atoms. The summed E-state index contributed by atoms with van der Waals surface area (Å²) in [6.07, 6.45) is 2.73. The standard InChI is InChI=1S/C28H32N2O6/c1-32-25-11-10-24(26(33-2)27(25)34-3)28(31)30(17-22-8-4-5-13-29-22)16-20-7-6-9-23(15-20)36-19-21-12-14-35-18-21/h4-11,13,15,21H,12,14,16-19H2,1-3H3/t21-/m1/s1. The zero-order chi connectivity index (χ0) is 25.3. The lowest BCUT2D eigenvalue weighted by Crippen LogP contribution is -2.31. The number of rotatable bonds is 11. The molecule has 1 saturated heterocycles. The molecule has 1 aromatic heterocycles. The van der Waals surface area contributed by atoms with Crippen LogP contribution in [-0.4, -0.2) is 56.9 Å². The topological polar surface area (TPSA) is 79.4 Å². The fraction of sp³-hybridized carbons (Fsp3) is 0.357. The van der Waals surface area contributed by atoms with Gasteiger partial charge in [0.05, 0.1) is 52.3 Å². The molecule has 0 bridgehead atoms. The number of benzene rings is 2. The van der Waals surface area contributed by atoms with Crippen LogP contribution < -0.4 is 18.9 Å². The number of carbonyl (C=O) groups excluding carboxylic acids is 1. The summed E-state index contributed by atoms with van der Waals surface area (Å²) in [5.41, 5.74) is 2.09. The van der Waals surface area contributed by atoms with Gasteiger partial charge in [-0.1, -0.05) is 18.2 Å². The summed E-state index contributed by atoms with van der Waals surface area (Å²) in [4.78, 5) is 20.0. The van der Waals surface area contributed by atoms with Crippen molar-refractivity contribution in [3.63, 3.8) is 0 Å². The van der Waals surface area contributed by atoms with Crippen LogP contribution in [0.4, 0.5) is 0 Å². The van der Waals surface area contributed by atoms with Crippen LogP contribution in [-0.2, 0) is 17.8 Å². The van der Waals surface area contributed by atoms with Crippen molar-refractivity contribution in [2.45, 2.75) is 19.5 Å². The van der Waals surface area contributed by atoms with Crippen molar-refractivity contribution in [1.82, 2.24) is 9.88 Å². The Hall–Kier alpha value is -3.78. The molecule has 1 atom stereocenters. The highest BCUT2D eigenvalue weighted by Crippen LogP contribution is 2.40. The normalized spacial score (nSPS) is 14.8. The molecule has 4 rings (SSSR count). The third kappa shape index (κ3) is 6.07. The van der Waals surface area contributed by atoms with E-state index in [0.717, 1.165) is 36.6 Å². The predicted molar refractivity (Wildman–Crippen MR) is 135 cm³/mol. The van der Waals surface area contributed by atoms with E-state index in [2.05, 4.69) is 4.98 Å². The van der Waals surface area contributed by atoms with E-state index < -0.39 is 0 Å². The molecule has 2 aromatic carbocycles. The Morgan fingerprint density at radius 1 is 1.00 bits per heavy atom. The van der Waals surface area contributed by atoms with Gasteiger partial charge in [0.25, 0.3) is 5.91 Å². The average molecular weight is 493 g/mol. The molecule has 36 heavy (non-hydrogen) atoms. The highest BCUT2D eigenvalue weighted by Gasteiger charge is 2.25. The van der Waals surface area contributed by atoms with Crippen LogP contribution in [0.3, 0.4) is 0 Å². The second kappa shape index (κ2) is 12.3.